The lowest BCUT2D eigenvalue weighted by Crippen LogP contribution is -2.25. The second kappa shape index (κ2) is 7.88. The summed E-state index contributed by atoms with van der Waals surface area (Å²) >= 11 is 0. The average molecular weight is 277 g/mol. The number of hydrogen-bond acceptors (Lipinski definition) is 3. The summed E-state index contributed by atoms with van der Waals surface area (Å²) in [6, 6.07) is 4.36. The molecule has 1 saturated heterocycles. The highest BCUT2D eigenvalue weighted by molar-refractivity contribution is 5.46. The van der Waals surface area contributed by atoms with Crippen LogP contribution in [0.1, 0.15) is 24.8 Å². The number of rotatable bonds is 5. The Morgan fingerprint density at radius 3 is 2.85 bits per heavy atom. The van der Waals surface area contributed by atoms with Crippen LogP contribution in [0.25, 0.3) is 0 Å². The molecule has 0 atom stereocenters. The normalized spacial score (nSPS) is 14.9. The van der Waals surface area contributed by atoms with Crippen LogP contribution < -0.4 is 4.74 Å². The second-order valence-electron chi connectivity index (χ2n) is 4.81. The molecule has 3 nitrogen and oxygen atoms in total. The summed E-state index contributed by atoms with van der Waals surface area (Å²) in [5, 5.41) is 8.72. The van der Waals surface area contributed by atoms with Crippen LogP contribution in [-0.4, -0.2) is 42.9 Å². The molecule has 0 aromatic heterocycles. The van der Waals surface area contributed by atoms with E-state index in [1.807, 2.05) is 0 Å². The lowest BCUT2D eigenvalue weighted by molar-refractivity contribution is 0.237. The first-order chi connectivity index (χ1) is 9.79. The van der Waals surface area contributed by atoms with Crippen LogP contribution in [0.5, 0.6) is 5.75 Å². The molecule has 0 amide bonds. The smallest absolute Gasteiger partial charge is 0.135 e. The first-order valence-corrected chi connectivity index (χ1v) is 7.04. The third kappa shape index (κ3) is 4.52. The van der Waals surface area contributed by atoms with Crippen molar-refractivity contribution in [3.8, 4) is 17.6 Å². The van der Waals surface area contributed by atoms with Gasteiger partial charge in [0, 0.05) is 13.0 Å². The number of nitrogens with zero attached hydrogens (tertiary/aromatic N) is 1. The summed E-state index contributed by atoms with van der Waals surface area (Å²) in [4.78, 5) is 2.36. The highest BCUT2D eigenvalue weighted by Gasteiger charge is 2.11. The Morgan fingerprint density at radius 2 is 2.10 bits per heavy atom. The zero-order valence-electron chi connectivity index (χ0n) is 11.6. The fourth-order valence-corrected chi connectivity index (χ4v) is 2.23. The SMILES string of the molecule is OCCC#Cc1cc(F)ccc1OCCN1CCCC1. The first-order valence-electron chi connectivity index (χ1n) is 7.04. The molecule has 1 fully saturated rings. The Balaban J connectivity index is 1.93. The number of halogens is 1. The third-order valence-electron chi connectivity index (χ3n) is 3.27. The second-order valence-corrected chi connectivity index (χ2v) is 4.81. The lowest BCUT2D eigenvalue weighted by Gasteiger charge is -2.15. The molecule has 1 aliphatic rings. The minimum atomic E-state index is -0.329. The van der Waals surface area contributed by atoms with E-state index < -0.39 is 0 Å². The summed E-state index contributed by atoms with van der Waals surface area (Å²) in [6.07, 6.45) is 2.90. The summed E-state index contributed by atoms with van der Waals surface area (Å²) in [5.74, 6) is 5.92. The predicted molar refractivity (Wildman–Crippen MR) is 76.1 cm³/mol. The van der Waals surface area contributed by atoms with Gasteiger partial charge < -0.3 is 9.84 Å². The summed E-state index contributed by atoms with van der Waals surface area (Å²) in [5.41, 5.74) is 0.542. The van der Waals surface area contributed by atoms with Crippen molar-refractivity contribution in [2.24, 2.45) is 0 Å². The van der Waals surface area contributed by atoms with Crippen LogP contribution in [0.3, 0.4) is 0 Å². The molecule has 0 radical (unpaired) electrons. The molecule has 1 heterocycles. The van der Waals surface area contributed by atoms with E-state index in [1.54, 1.807) is 6.07 Å². The zero-order chi connectivity index (χ0) is 14.2. The van der Waals surface area contributed by atoms with Gasteiger partial charge in [-0.25, -0.2) is 4.39 Å². The van der Waals surface area contributed by atoms with Gasteiger partial charge >= 0.3 is 0 Å². The van der Waals surface area contributed by atoms with Gasteiger partial charge in [-0.3, -0.25) is 4.90 Å². The Bertz CT molecular complexity index is 487. The van der Waals surface area contributed by atoms with Gasteiger partial charge in [0.15, 0.2) is 0 Å². The molecule has 0 bridgehead atoms. The standard InChI is InChI=1S/C16H20FNO2/c17-15-6-7-16(14(13-15)5-1-4-11-19)20-12-10-18-8-2-3-9-18/h6-7,13,19H,2-4,8-12H2. The number of ether oxygens (including phenoxy) is 1. The Labute approximate surface area is 119 Å². The molecular weight excluding hydrogens is 257 g/mol. The van der Waals surface area contributed by atoms with Gasteiger partial charge in [-0.2, -0.15) is 0 Å². The fraction of sp³-hybridized carbons (Fsp3) is 0.500. The van der Waals surface area contributed by atoms with Crippen LogP contribution in [-0.2, 0) is 0 Å². The molecule has 0 saturated carbocycles. The number of benzene rings is 1. The summed E-state index contributed by atoms with van der Waals surface area (Å²) in [7, 11) is 0. The van der Waals surface area contributed by atoms with E-state index in [-0.39, 0.29) is 12.4 Å². The molecule has 0 aliphatic carbocycles. The van der Waals surface area contributed by atoms with Gasteiger partial charge in [0.1, 0.15) is 18.2 Å². The van der Waals surface area contributed by atoms with Crippen molar-refractivity contribution in [1.29, 1.82) is 0 Å². The Kier molecular flexibility index (Phi) is 5.85. The van der Waals surface area contributed by atoms with E-state index in [1.165, 1.54) is 25.0 Å². The molecule has 1 aromatic carbocycles. The molecular formula is C16H20FNO2. The van der Waals surface area contributed by atoms with Crippen LogP contribution in [0, 0.1) is 17.7 Å². The van der Waals surface area contributed by atoms with Gasteiger partial charge in [0.05, 0.1) is 12.2 Å². The van der Waals surface area contributed by atoms with Crippen molar-refractivity contribution >= 4 is 0 Å². The van der Waals surface area contributed by atoms with Crippen LogP contribution >= 0.6 is 0 Å². The monoisotopic (exact) mass is 277 g/mol. The molecule has 0 unspecified atom stereocenters. The van der Waals surface area contributed by atoms with Gasteiger partial charge in [0.2, 0.25) is 0 Å². The topological polar surface area (TPSA) is 32.7 Å². The van der Waals surface area contributed by atoms with Crippen molar-refractivity contribution in [1.82, 2.24) is 4.90 Å². The van der Waals surface area contributed by atoms with Crippen molar-refractivity contribution in [3.05, 3.63) is 29.6 Å². The average Bonchev–Trinajstić information content (AvgIpc) is 2.95. The van der Waals surface area contributed by atoms with Crippen LogP contribution in [0.15, 0.2) is 18.2 Å². The molecule has 4 heteroatoms. The van der Waals surface area contributed by atoms with Crippen molar-refractivity contribution < 1.29 is 14.2 Å². The maximum absolute atomic E-state index is 13.2. The summed E-state index contributed by atoms with van der Waals surface area (Å²) < 4.78 is 19.0. The minimum absolute atomic E-state index is 0.00741. The molecule has 0 spiro atoms. The van der Waals surface area contributed by atoms with Gasteiger partial charge in [-0.1, -0.05) is 11.8 Å². The largest absolute Gasteiger partial charge is 0.491 e. The van der Waals surface area contributed by atoms with Crippen molar-refractivity contribution in [2.75, 3.05) is 32.8 Å². The van der Waals surface area contributed by atoms with E-state index in [4.69, 9.17) is 9.84 Å². The van der Waals surface area contributed by atoms with E-state index in [0.29, 0.717) is 24.3 Å². The van der Waals surface area contributed by atoms with Gasteiger partial charge in [-0.15, -0.1) is 0 Å². The number of aliphatic hydroxyl groups excluding tert-OH is 1. The molecule has 1 aliphatic heterocycles. The van der Waals surface area contributed by atoms with Gasteiger partial charge in [0.25, 0.3) is 0 Å². The third-order valence-corrected chi connectivity index (χ3v) is 3.27. The summed E-state index contributed by atoms with van der Waals surface area (Å²) in [6.45, 7) is 3.75. The van der Waals surface area contributed by atoms with Gasteiger partial charge in [-0.05, 0) is 44.1 Å². The van der Waals surface area contributed by atoms with E-state index >= 15 is 0 Å². The number of hydrogen-bond donors (Lipinski definition) is 1. The van der Waals surface area contributed by atoms with Crippen LogP contribution in [0.4, 0.5) is 4.39 Å². The van der Waals surface area contributed by atoms with E-state index in [0.717, 1.165) is 19.6 Å². The number of likely N-dealkylation sites (tertiary alicyclic amines) is 1. The van der Waals surface area contributed by atoms with E-state index in [9.17, 15) is 4.39 Å². The number of aliphatic hydroxyl groups is 1. The quantitative estimate of drug-likeness (QED) is 0.836. The van der Waals surface area contributed by atoms with Crippen LogP contribution in [0.2, 0.25) is 0 Å². The molecule has 20 heavy (non-hydrogen) atoms. The molecule has 1 N–H and O–H groups in total. The zero-order valence-corrected chi connectivity index (χ0v) is 11.6. The van der Waals surface area contributed by atoms with E-state index in [2.05, 4.69) is 16.7 Å². The molecule has 2 rings (SSSR count). The highest BCUT2D eigenvalue weighted by atomic mass is 19.1. The van der Waals surface area contributed by atoms with Crippen molar-refractivity contribution in [3.63, 3.8) is 0 Å². The van der Waals surface area contributed by atoms with Crippen molar-refractivity contribution in [2.45, 2.75) is 19.3 Å². The maximum atomic E-state index is 13.2. The maximum Gasteiger partial charge on any atom is 0.135 e. The predicted octanol–water partition coefficient (Wildman–Crippen LogP) is 2.03. The Morgan fingerprint density at radius 1 is 1.30 bits per heavy atom. The highest BCUT2D eigenvalue weighted by Crippen LogP contribution is 2.19. The first kappa shape index (κ1) is 14.8. The molecule has 108 valence electrons. The fourth-order valence-electron chi connectivity index (χ4n) is 2.23. The minimum Gasteiger partial charge on any atom is -0.491 e. The Hall–Kier alpha value is -1.57. The lowest BCUT2D eigenvalue weighted by atomic mass is 10.2. The molecule has 1 aromatic rings.